The van der Waals surface area contributed by atoms with Crippen LogP contribution >= 0.6 is 0 Å². The highest BCUT2D eigenvalue weighted by Gasteiger charge is 2.26. The van der Waals surface area contributed by atoms with Gasteiger partial charge in [-0.1, -0.05) is 5.16 Å². The maximum atomic E-state index is 5.16. The van der Waals surface area contributed by atoms with Crippen LogP contribution in [0.4, 0.5) is 0 Å². The number of aryl methyl sites for hydroxylation is 1. The largest absolute Gasteiger partial charge is 0.361 e. The van der Waals surface area contributed by atoms with Gasteiger partial charge in [0.1, 0.15) is 5.76 Å². The number of nitrogens with zero attached hydrogens (tertiary/aromatic N) is 2. The van der Waals surface area contributed by atoms with Crippen molar-refractivity contribution in [1.29, 1.82) is 0 Å². The molecule has 1 saturated heterocycles. The van der Waals surface area contributed by atoms with Gasteiger partial charge in [-0.15, -0.1) is 0 Å². The van der Waals surface area contributed by atoms with E-state index in [1.54, 1.807) is 0 Å². The van der Waals surface area contributed by atoms with Crippen LogP contribution in [-0.4, -0.2) is 35.7 Å². The minimum absolute atomic E-state index is 0.678. The van der Waals surface area contributed by atoms with E-state index in [2.05, 4.69) is 21.4 Å². The third-order valence-corrected chi connectivity index (χ3v) is 3.92. The van der Waals surface area contributed by atoms with Crippen molar-refractivity contribution >= 4 is 0 Å². The van der Waals surface area contributed by atoms with Crippen LogP contribution in [-0.2, 0) is 6.54 Å². The van der Waals surface area contributed by atoms with Crippen molar-refractivity contribution in [1.82, 2.24) is 15.4 Å². The van der Waals surface area contributed by atoms with E-state index in [4.69, 9.17) is 4.52 Å². The van der Waals surface area contributed by atoms with Gasteiger partial charge in [0, 0.05) is 31.7 Å². The maximum Gasteiger partial charge on any atom is 0.133 e. The smallest absolute Gasteiger partial charge is 0.133 e. The van der Waals surface area contributed by atoms with Crippen LogP contribution in [0.15, 0.2) is 10.6 Å². The Balaban J connectivity index is 1.57. The van der Waals surface area contributed by atoms with Crippen molar-refractivity contribution < 1.29 is 4.52 Å². The van der Waals surface area contributed by atoms with E-state index in [1.807, 2.05) is 6.92 Å². The van der Waals surface area contributed by atoms with Gasteiger partial charge in [0.2, 0.25) is 0 Å². The van der Waals surface area contributed by atoms with Gasteiger partial charge in [-0.05, 0) is 45.1 Å². The second kappa shape index (κ2) is 5.41. The summed E-state index contributed by atoms with van der Waals surface area (Å²) in [5.41, 5.74) is 1.08. The molecule has 18 heavy (non-hydrogen) atoms. The highest BCUT2D eigenvalue weighted by atomic mass is 16.5. The van der Waals surface area contributed by atoms with Crippen molar-refractivity contribution in [2.75, 3.05) is 19.6 Å². The summed E-state index contributed by atoms with van der Waals surface area (Å²) in [5.74, 6) is 1.84. The number of hydrogen-bond donors (Lipinski definition) is 1. The first-order valence-corrected chi connectivity index (χ1v) is 7.17. The zero-order valence-electron chi connectivity index (χ0n) is 11.2. The Labute approximate surface area is 109 Å². The Morgan fingerprint density at radius 1 is 1.39 bits per heavy atom. The second-order valence-electron chi connectivity index (χ2n) is 5.86. The van der Waals surface area contributed by atoms with Crippen LogP contribution in [0.1, 0.15) is 37.1 Å². The highest BCUT2D eigenvalue weighted by Crippen LogP contribution is 2.30. The average molecular weight is 249 g/mol. The third-order valence-electron chi connectivity index (χ3n) is 3.92. The molecule has 0 bridgehead atoms. The number of rotatable bonds is 6. The SMILES string of the molecule is Cc1cc(CN(CC2CC2)CC2CCCN2)no1. The fourth-order valence-electron chi connectivity index (χ4n) is 2.81. The van der Waals surface area contributed by atoms with Crippen LogP contribution in [0.25, 0.3) is 0 Å². The lowest BCUT2D eigenvalue weighted by Crippen LogP contribution is -2.38. The molecule has 3 rings (SSSR count). The summed E-state index contributed by atoms with van der Waals surface area (Å²) in [6, 6.07) is 2.74. The molecule has 1 aromatic heterocycles. The van der Waals surface area contributed by atoms with Crippen LogP contribution in [0.3, 0.4) is 0 Å². The minimum Gasteiger partial charge on any atom is -0.361 e. The molecule has 1 atom stereocenters. The second-order valence-corrected chi connectivity index (χ2v) is 5.86. The maximum absolute atomic E-state index is 5.16. The molecule has 0 radical (unpaired) electrons. The molecule has 1 N–H and O–H groups in total. The monoisotopic (exact) mass is 249 g/mol. The lowest BCUT2D eigenvalue weighted by molar-refractivity contribution is 0.225. The Kier molecular flexibility index (Phi) is 3.66. The molecule has 1 aliphatic heterocycles. The van der Waals surface area contributed by atoms with Crippen molar-refractivity contribution in [3.05, 3.63) is 17.5 Å². The fourth-order valence-corrected chi connectivity index (χ4v) is 2.81. The van der Waals surface area contributed by atoms with Crippen LogP contribution in [0, 0.1) is 12.8 Å². The lowest BCUT2D eigenvalue weighted by atomic mass is 10.2. The van der Waals surface area contributed by atoms with E-state index in [-0.39, 0.29) is 0 Å². The van der Waals surface area contributed by atoms with Crippen molar-refractivity contribution in [2.45, 2.75) is 45.2 Å². The molecule has 1 unspecified atom stereocenters. The van der Waals surface area contributed by atoms with E-state index < -0.39 is 0 Å². The van der Waals surface area contributed by atoms with E-state index in [0.717, 1.165) is 30.5 Å². The summed E-state index contributed by atoms with van der Waals surface area (Å²) in [5, 5.41) is 7.71. The number of aromatic nitrogens is 1. The first-order valence-electron chi connectivity index (χ1n) is 7.17. The number of hydrogen-bond acceptors (Lipinski definition) is 4. The van der Waals surface area contributed by atoms with Crippen molar-refractivity contribution in [2.24, 2.45) is 5.92 Å². The lowest BCUT2D eigenvalue weighted by Gasteiger charge is -2.24. The Hall–Kier alpha value is -0.870. The zero-order valence-corrected chi connectivity index (χ0v) is 11.2. The number of nitrogens with one attached hydrogen (secondary N) is 1. The molecular weight excluding hydrogens is 226 g/mol. The Morgan fingerprint density at radius 2 is 2.28 bits per heavy atom. The van der Waals surface area contributed by atoms with Gasteiger partial charge >= 0.3 is 0 Å². The van der Waals surface area contributed by atoms with Crippen molar-refractivity contribution in [3.8, 4) is 0 Å². The third kappa shape index (κ3) is 3.33. The molecule has 100 valence electrons. The predicted octanol–water partition coefficient (Wildman–Crippen LogP) is 1.95. The summed E-state index contributed by atoms with van der Waals surface area (Å²) < 4.78 is 5.16. The zero-order chi connectivity index (χ0) is 12.4. The van der Waals surface area contributed by atoms with E-state index >= 15 is 0 Å². The summed E-state index contributed by atoms with van der Waals surface area (Å²) in [6.07, 6.45) is 5.46. The molecule has 0 aromatic carbocycles. The molecule has 0 spiro atoms. The Morgan fingerprint density at radius 3 is 2.89 bits per heavy atom. The van der Waals surface area contributed by atoms with Gasteiger partial charge in [0.05, 0.1) is 5.69 Å². The average Bonchev–Trinajstić information content (AvgIpc) is 2.84. The van der Waals surface area contributed by atoms with Gasteiger partial charge in [-0.2, -0.15) is 0 Å². The first-order chi connectivity index (χ1) is 8.79. The normalized spacial score (nSPS) is 24.0. The molecule has 1 saturated carbocycles. The molecular formula is C14H23N3O. The van der Waals surface area contributed by atoms with Crippen LogP contribution < -0.4 is 5.32 Å². The van der Waals surface area contributed by atoms with Crippen molar-refractivity contribution in [3.63, 3.8) is 0 Å². The minimum atomic E-state index is 0.678. The van der Waals surface area contributed by atoms with Gasteiger partial charge in [0.25, 0.3) is 0 Å². The standard InChI is InChI=1S/C14H23N3O/c1-11-7-14(16-18-11)10-17(8-12-4-5-12)9-13-3-2-6-15-13/h7,12-13,15H,2-6,8-10H2,1H3. The van der Waals surface area contributed by atoms with E-state index in [9.17, 15) is 0 Å². The quantitative estimate of drug-likeness (QED) is 0.836. The molecule has 4 heteroatoms. The molecule has 2 heterocycles. The highest BCUT2D eigenvalue weighted by molar-refractivity contribution is 5.03. The van der Waals surface area contributed by atoms with Gasteiger partial charge < -0.3 is 9.84 Å². The van der Waals surface area contributed by atoms with Crippen LogP contribution in [0.5, 0.6) is 0 Å². The van der Waals surface area contributed by atoms with E-state index in [0.29, 0.717) is 6.04 Å². The summed E-state index contributed by atoms with van der Waals surface area (Å²) >= 11 is 0. The predicted molar refractivity (Wildman–Crippen MR) is 70.3 cm³/mol. The van der Waals surface area contributed by atoms with Gasteiger partial charge in [0.15, 0.2) is 0 Å². The summed E-state index contributed by atoms with van der Waals surface area (Å²) in [7, 11) is 0. The molecule has 4 nitrogen and oxygen atoms in total. The molecule has 1 aliphatic carbocycles. The molecule has 2 aliphatic rings. The van der Waals surface area contributed by atoms with Gasteiger partial charge in [-0.3, -0.25) is 4.90 Å². The van der Waals surface area contributed by atoms with Crippen LogP contribution in [0.2, 0.25) is 0 Å². The summed E-state index contributed by atoms with van der Waals surface area (Å²) in [4.78, 5) is 2.55. The molecule has 2 fully saturated rings. The van der Waals surface area contributed by atoms with E-state index in [1.165, 1.54) is 38.8 Å². The first kappa shape index (κ1) is 12.2. The molecule has 0 amide bonds. The Bertz CT molecular complexity index is 380. The summed E-state index contributed by atoms with van der Waals surface area (Å²) in [6.45, 7) is 6.46. The fraction of sp³-hybridized carbons (Fsp3) is 0.786. The molecule has 1 aromatic rings. The van der Waals surface area contributed by atoms with Gasteiger partial charge in [-0.25, -0.2) is 0 Å². The topological polar surface area (TPSA) is 41.3 Å².